The number of hydrogen-bond acceptors (Lipinski definition) is 7. The Bertz CT molecular complexity index is 1180. The molecule has 27 heavy (non-hydrogen) atoms. The first kappa shape index (κ1) is 16.9. The Labute approximate surface area is 156 Å². The molecular weight excluding hydrogens is 368 g/mol. The molecule has 10 heteroatoms. The fourth-order valence-corrected chi connectivity index (χ4v) is 3.21. The van der Waals surface area contributed by atoms with Crippen molar-refractivity contribution in [3.63, 3.8) is 0 Å². The van der Waals surface area contributed by atoms with Crippen molar-refractivity contribution in [3.8, 4) is 0 Å². The Hall–Kier alpha value is -3.53. The Balaban J connectivity index is 1.50. The smallest absolute Gasteiger partial charge is 0.292 e. The zero-order valence-corrected chi connectivity index (χ0v) is 14.6. The predicted octanol–water partition coefficient (Wildman–Crippen LogP) is 2.92. The summed E-state index contributed by atoms with van der Waals surface area (Å²) in [5, 5.41) is 19.2. The van der Waals surface area contributed by atoms with Crippen LogP contribution in [0.4, 0.5) is 11.4 Å². The van der Waals surface area contributed by atoms with E-state index >= 15 is 0 Å². The number of carbonyl (C=O) groups is 1. The first-order chi connectivity index (χ1) is 13.1. The lowest BCUT2D eigenvalue weighted by Crippen LogP contribution is -2.15. The average Bonchev–Trinajstić information content (AvgIpc) is 3.10. The minimum absolute atomic E-state index is 0.0221. The lowest BCUT2D eigenvalue weighted by atomic mass is 10.2. The third-order valence-electron chi connectivity index (χ3n) is 3.77. The van der Waals surface area contributed by atoms with Gasteiger partial charge in [0, 0.05) is 11.5 Å². The highest BCUT2D eigenvalue weighted by molar-refractivity contribution is 7.99. The minimum atomic E-state index is -0.537. The number of thioether (sulfide) groups is 1. The highest BCUT2D eigenvalue weighted by Crippen LogP contribution is 2.24. The van der Waals surface area contributed by atoms with Gasteiger partial charge in [-0.1, -0.05) is 36.0 Å². The van der Waals surface area contributed by atoms with Crippen molar-refractivity contribution < 1.29 is 9.72 Å². The molecule has 0 saturated heterocycles. The highest BCUT2D eigenvalue weighted by Gasteiger charge is 2.16. The second kappa shape index (κ2) is 7.00. The molecule has 2 aromatic heterocycles. The normalized spacial score (nSPS) is 11.0. The van der Waals surface area contributed by atoms with Crippen molar-refractivity contribution in [2.45, 2.75) is 5.16 Å². The van der Waals surface area contributed by atoms with E-state index < -0.39 is 4.92 Å². The van der Waals surface area contributed by atoms with Crippen molar-refractivity contribution in [2.75, 3.05) is 11.1 Å². The van der Waals surface area contributed by atoms with Crippen LogP contribution in [0.2, 0.25) is 0 Å². The zero-order chi connectivity index (χ0) is 18.8. The number of carbonyl (C=O) groups excluding carboxylic acids is 1. The lowest BCUT2D eigenvalue weighted by Gasteiger charge is -2.04. The summed E-state index contributed by atoms with van der Waals surface area (Å²) in [6, 6.07) is 13.6. The molecule has 0 spiro atoms. The summed E-state index contributed by atoms with van der Waals surface area (Å²) < 4.78 is 1.56. The molecule has 0 bridgehead atoms. The van der Waals surface area contributed by atoms with Crippen LogP contribution >= 0.6 is 11.8 Å². The number of rotatable bonds is 5. The Kier molecular flexibility index (Phi) is 4.38. The van der Waals surface area contributed by atoms with Gasteiger partial charge in [-0.2, -0.15) is 0 Å². The van der Waals surface area contributed by atoms with Crippen molar-refractivity contribution in [1.29, 1.82) is 0 Å². The number of nitrogens with zero attached hydrogens (tertiary/aromatic N) is 5. The number of benzene rings is 2. The first-order valence-corrected chi connectivity index (χ1v) is 8.86. The minimum Gasteiger partial charge on any atom is -0.320 e. The molecule has 0 saturated carbocycles. The van der Waals surface area contributed by atoms with Gasteiger partial charge in [-0.15, -0.1) is 5.10 Å². The molecule has 2 heterocycles. The fraction of sp³-hybridized carbons (Fsp3) is 0.0588. The van der Waals surface area contributed by atoms with Gasteiger partial charge in [0.1, 0.15) is 12.0 Å². The number of aromatic nitrogens is 4. The molecule has 1 N–H and O–H groups in total. The summed E-state index contributed by atoms with van der Waals surface area (Å²) in [4.78, 5) is 31.4. The number of nitro benzene ring substituents is 1. The summed E-state index contributed by atoms with van der Waals surface area (Å²) in [5.74, 6) is -0.356. The summed E-state index contributed by atoms with van der Waals surface area (Å²) in [6.45, 7) is 0. The van der Waals surface area contributed by atoms with Crippen molar-refractivity contribution in [1.82, 2.24) is 19.6 Å². The number of amides is 1. The first-order valence-electron chi connectivity index (χ1n) is 7.88. The van der Waals surface area contributed by atoms with Gasteiger partial charge in [-0.3, -0.25) is 14.9 Å². The topological polar surface area (TPSA) is 115 Å². The molecule has 1 amide bonds. The van der Waals surface area contributed by atoms with E-state index in [0.717, 1.165) is 22.7 Å². The summed E-state index contributed by atoms with van der Waals surface area (Å²) in [7, 11) is 0. The molecule has 0 aliphatic heterocycles. The maximum atomic E-state index is 12.2. The number of anilines is 1. The summed E-state index contributed by atoms with van der Waals surface area (Å²) in [5.41, 5.74) is 1.47. The number of nitrogens with one attached hydrogen (secondary N) is 1. The third kappa shape index (κ3) is 3.42. The van der Waals surface area contributed by atoms with Crippen LogP contribution in [0.3, 0.4) is 0 Å². The molecule has 9 nitrogen and oxygen atoms in total. The van der Waals surface area contributed by atoms with Crippen LogP contribution in [0.25, 0.3) is 16.6 Å². The molecule has 0 fully saturated rings. The molecular formula is C17H12N6O3S. The van der Waals surface area contributed by atoms with E-state index in [9.17, 15) is 14.9 Å². The monoisotopic (exact) mass is 380 g/mol. The highest BCUT2D eigenvalue weighted by atomic mass is 32.2. The molecule has 0 atom stereocenters. The predicted molar refractivity (Wildman–Crippen MR) is 101 cm³/mol. The van der Waals surface area contributed by atoms with E-state index in [1.54, 1.807) is 23.0 Å². The van der Waals surface area contributed by atoms with E-state index in [-0.39, 0.29) is 23.0 Å². The molecule has 0 unspecified atom stereocenters. The SMILES string of the molecule is O=C(CSc1nc2c3ccccc3ncn2n1)Nc1ccccc1[N+](=O)[O-]. The van der Waals surface area contributed by atoms with Crippen molar-refractivity contribution >= 4 is 45.6 Å². The average molecular weight is 380 g/mol. The van der Waals surface area contributed by atoms with E-state index in [1.807, 2.05) is 24.3 Å². The Morgan fingerprint density at radius 1 is 1.19 bits per heavy atom. The Morgan fingerprint density at radius 2 is 1.96 bits per heavy atom. The van der Waals surface area contributed by atoms with Crippen LogP contribution in [-0.4, -0.2) is 36.2 Å². The van der Waals surface area contributed by atoms with Gasteiger partial charge in [0.25, 0.3) is 5.69 Å². The largest absolute Gasteiger partial charge is 0.320 e. The molecule has 0 radical (unpaired) electrons. The van der Waals surface area contributed by atoms with Crippen LogP contribution in [0.5, 0.6) is 0 Å². The number of fused-ring (bicyclic) bond motifs is 3. The summed E-state index contributed by atoms with van der Waals surface area (Å²) in [6.07, 6.45) is 1.57. The third-order valence-corrected chi connectivity index (χ3v) is 4.61. The van der Waals surface area contributed by atoms with E-state index in [2.05, 4.69) is 20.4 Å². The van der Waals surface area contributed by atoms with Crippen LogP contribution in [0.1, 0.15) is 0 Å². The molecule has 2 aromatic carbocycles. The maximum Gasteiger partial charge on any atom is 0.292 e. The number of hydrogen-bond donors (Lipinski definition) is 1. The molecule has 0 aliphatic rings. The fourth-order valence-electron chi connectivity index (χ4n) is 2.58. The molecule has 4 aromatic rings. The van der Waals surface area contributed by atoms with Gasteiger partial charge >= 0.3 is 0 Å². The zero-order valence-electron chi connectivity index (χ0n) is 13.8. The molecule has 134 valence electrons. The van der Waals surface area contributed by atoms with Gasteiger partial charge in [0.2, 0.25) is 11.1 Å². The second-order valence-corrected chi connectivity index (χ2v) is 6.48. The van der Waals surface area contributed by atoms with Gasteiger partial charge in [-0.25, -0.2) is 14.5 Å². The van der Waals surface area contributed by atoms with Gasteiger partial charge in [0.05, 0.1) is 16.2 Å². The van der Waals surface area contributed by atoms with E-state index in [4.69, 9.17) is 0 Å². The quantitative estimate of drug-likeness (QED) is 0.321. The Morgan fingerprint density at radius 3 is 2.81 bits per heavy atom. The standard InChI is InChI=1S/C17H12N6O3S/c24-15(19-13-7-3-4-8-14(13)23(25)26)9-27-17-20-16-11-5-1-2-6-12(11)18-10-22(16)21-17/h1-8,10H,9H2,(H,19,24). The van der Waals surface area contributed by atoms with Gasteiger partial charge in [0.15, 0.2) is 5.65 Å². The van der Waals surface area contributed by atoms with Crippen LogP contribution in [0, 0.1) is 10.1 Å². The van der Waals surface area contributed by atoms with E-state index in [1.165, 1.54) is 12.1 Å². The van der Waals surface area contributed by atoms with Crippen molar-refractivity contribution in [3.05, 3.63) is 65.0 Å². The van der Waals surface area contributed by atoms with Crippen LogP contribution < -0.4 is 5.32 Å². The number of nitro groups is 1. The molecule has 0 aliphatic carbocycles. The van der Waals surface area contributed by atoms with Gasteiger partial charge in [-0.05, 0) is 18.2 Å². The van der Waals surface area contributed by atoms with Crippen LogP contribution in [-0.2, 0) is 4.79 Å². The maximum absolute atomic E-state index is 12.2. The lowest BCUT2D eigenvalue weighted by molar-refractivity contribution is -0.383. The van der Waals surface area contributed by atoms with E-state index in [0.29, 0.717) is 10.8 Å². The van der Waals surface area contributed by atoms with Crippen molar-refractivity contribution in [2.24, 2.45) is 0 Å². The summed E-state index contributed by atoms with van der Waals surface area (Å²) >= 11 is 1.14. The van der Waals surface area contributed by atoms with Crippen LogP contribution in [0.15, 0.2) is 60.0 Å². The second-order valence-electron chi connectivity index (χ2n) is 5.54. The number of para-hydroxylation sites is 3. The molecule has 4 rings (SSSR count). The van der Waals surface area contributed by atoms with Gasteiger partial charge < -0.3 is 5.32 Å².